The van der Waals surface area contributed by atoms with Crippen LogP contribution in [-0.2, 0) is 6.42 Å². The first-order chi connectivity index (χ1) is 8.79. The highest BCUT2D eigenvalue weighted by atomic mass is 19.1. The molecule has 1 N–H and O–H groups in total. The predicted octanol–water partition coefficient (Wildman–Crippen LogP) is 1.86. The molecule has 0 amide bonds. The van der Waals surface area contributed by atoms with E-state index in [1.54, 1.807) is 0 Å². The summed E-state index contributed by atoms with van der Waals surface area (Å²) < 4.78 is 29.7. The Labute approximate surface area is 105 Å². The molecule has 5 heteroatoms. The van der Waals surface area contributed by atoms with Crippen molar-refractivity contribution in [3.63, 3.8) is 0 Å². The van der Waals surface area contributed by atoms with Crippen LogP contribution in [0.1, 0.15) is 18.4 Å². The summed E-state index contributed by atoms with van der Waals surface area (Å²) in [4.78, 5) is 0. The fourth-order valence-corrected chi connectivity index (χ4v) is 2.60. The standard InChI is InChI=1S/C13H16FNO3/c1-16-12-8(5-9-3-2-4-15-9)6-10-13(11(12)14)18-7-17-10/h6,9,15H,2-5,7H2,1H3. The lowest BCUT2D eigenvalue weighted by molar-refractivity contribution is 0.170. The van der Waals surface area contributed by atoms with Crippen molar-refractivity contribution >= 4 is 0 Å². The maximum atomic E-state index is 14.2. The Morgan fingerprint density at radius 3 is 3.11 bits per heavy atom. The van der Waals surface area contributed by atoms with Gasteiger partial charge in [-0.05, 0) is 31.9 Å². The van der Waals surface area contributed by atoms with Gasteiger partial charge in [0.1, 0.15) is 0 Å². The molecule has 4 nitrogen and oxygen atoms in total. The van der Waals surface area contributed by atoms with E-state index >= 15 is 0 Å². The highest BCUT2D eigenvalue weighted by Gasteiger charge is 2.27. The average Bonchev–Trinajstić information content (AvgIpc) is 3.00. The van der Waals surface area contributed by atoms with Crippen LogP contribution in [0.25, 0.3) is 0 Å². The molecule has 0 saturated carbocycles. The molecule has 2 aliphatic heterocycles. The van der Waals surface area contributed by atoms with Crippen molar-refractivity contribution in [1.82, 2.24) is 5.32 Å². The number of halogens is 1. The average molecular weight is 253 g/mol. The van der Waals surface area contributed by atoms with Gasteiger partial charge in [0, 0.05) is 11.6 Å². The van der Waals surface area contributed by atoms with Crippen LogP contribution in [0.3, 0.4) is 0 Å². The molecule has 1 aromatic rings. The Morgan fingerprint density at radius 1 is 1.50 bits per heavy atom. The SMILES string of the molecule is COc1c(CC2CCCN2)cc2c(c1F)OCO2. The molecule has 2 heterocycles. The Kier molecular flexibility index (Phi) is 2.99. The van der Waals surface area contributed by atoms with Crippen molar-refractivity contribution in [3.8, 4) is 17.2 Å². The van der Waals surface area contributed by atoms with Crippen LogP contribution < -0.4 is 19.5 Å². The molecular weight excluding hydrogens is 237 g/mol. The number of nitrogens with one attached hydrogen (secondary N) is 1. The Balaban J connectivity index is 1.94. The van der Waals surface area contributed by atoms with E-state index in [1.807, 2.05) is 6.07 Å². The van der Waals surface area contributed by atoms with Crippen LogP contribution >= 0.6 is 0 Å². The quantitative estimate of drug-likeness (QED) is 0.892. The number of methoxy groups -OCH3 is 1. The summed E-state index contributed by atoms with van der Waals surface area (Å²) in [5, 5.41) is 3.39. The van der Waals surface area contributed by atoms with Gasteiger partial charge in [0.2, 0.25) is 18.4 Å². The minimum atomic E-state index is -0.458. The van der Waals surface area contributed by atoms with Crippen LogP contribution in [0, 0.1) is 5.82 Å². The first-order valence-corrected chi connectivity index (χ1v) is 6.18. The van der Waals surface area contributed by atoms with Crippen LogP contribution in [0.2, 0.25) is 0 Å². The second-order valence-corrected chi connectivity index (χ2v) is 4.61. The molecule has 0 radical (unpaired) electrons. The highest BCUT2D eigenvalue weighted by molar-refractivity contribution is 5.53. The Morgan fingerprint density at radius 2 is 2.39 bits per heavy atom. The van der Waals surface area contributed by atoms with Gasteiger partial charge in [-0.3, -0.25) is 0 Å². The van der Waals surface area contributed by atoms with Crippen molar-refractivity contribution in [2.24, 2.45) is 0 Å². The van der Waals surface area contributed by atoms with E-state index in [0.717, 1.165) is 24.9 Å². The smallest absolute Gasteiger partial charge is 0.231 e. The molecule has 2 aliphatic rings. The van der Waals surface area contributed by atoms with Gasteiger partial charge in [-0.25, -0.2) is 0 Å². The molecular formula is C13H16FNO3. The van der Waals surface area contributed by atoms with Crippen LogP contribution in [0.4, 0.5) is 4.39 Å². The molecule has 1 atom stereocenters. The van der Waals surface area contributed by atoms with E-state index in [2.05, 4.69) is 5.32 Å². The fraction of sp³-hybridized carbons (Fsp3) is 0.538. The van der Waals surface area contributed by atoms with Crippen LogP contribution in [0.15, 0.2) is 6.07 Å². The number of ether oxygens (including phenoxy) is 3. The minimum Gasteiger partial charge on any atom is -0.493 e. The summed E-state index contributed by atoms with van der Waals surface area (Å²) in [6, 6.07) is 2.21. The first kappa shape index (κ1) is 11.6. The summed E-state index contributed by atoms with van der Waals surface area (Å²) in [6.45, 7) is 1.10. The molecule has 0 aromatic heterocycles. The minimum absolute atomic E-state index is 0.0700. The number of benzene rings is 1. The van der Waals surface area contributed by atoms with E-state index in [-0.39, 0.29) is 18.3 Å². The molecule has 1 fully saturated rings. The van der Waals surface area contributed by atoms with Crippen molar-refractivity contribution in [2.75, 3.05) is 20.4 Å². The van der Waals surface area contributed by atoms with Crippen molar-refractivity contribution in [2.45, 2.75) is 25.3 Å². The molecule has 1 unspecified atom stereocenters. The van der Waals surface area contributed by atoms with E-state index in [0.29, 0.717) is 11.8 Å². The van der Waals surface area contributed by atoms with Gasteiger partial charge in [0.25, 0.3) is 0 Å². The van der Waals surface area contributed by atoms with Gasteiger partial charge >= 0.3 is 0 Å². The summed E-state index contributed by atoms with van der Waals surface area (Å²) in [6.07, 6.45) is 3.02. The molecule has 18 heavy (non-hydrogen) atoms. The zero-order valence-corrected chi connectivity index (χ0v) is 10.3. The number of fused-ring (bicyclic) bond motifs is 1. The van der Waals surface area contributed by atoms with Crippen molar-refractivity contribution in [3.05, 3.63) is 17.4 Å². The lowest BCUT2D eigenvalue weighted by atomic mass is 10.0. The van der Waals surface area contributed by atoms with Gasteiger partial charge in [-0.2, -0.15) is 4.39 Å². The third kappa shape index (κ3) is 1.88. The number of rotatable bonds is 3. The predicted molar refractivity (Wildman–Crippen MR) is 63.8 cm³/mol. The van der Waals surface area contributed by atoms with Gasteiger partial charge in [0.05, 0.1) is 7.11 Å². The van der Waals surface area contributed by atoms with Crippen molar-refractivity contribution in [1.29, 1.82) is 0 Å². The Bertz CT molecular complexity index is 458. The summed E-state index contributed by atoms with van der Waals surface area (Å²) in [7, 11) is 1.48. The zero-order chi connectivity index (χ0) is 12.5. The molecule has 0 bridgehead atoms. The maximum absolute atomic E-state index is 14.2. The second-order valence-electron chi connectivity index (χ2n) is 4.61. The largest absolute Gasteiger partial charge is 0.493 e. The summed E-state index contributed by atoms with van der Waals surface area (Å²) in [5.74, 6) is 0.449. The van der Waals surface area contributed by atoms with E-state index in [9.17, 15) is 4.39 Å². The van der Waals surface area contributed by atoms with Gasteiger partial charge < -0.3 is 19.5 Å². The highest BCUT2D eigenvalue weighted by Crippen LogP contribution is 2.42. The molecule has 0 aliphatic carbocycles. The van der Waals surface area contributed by atoms with E-state index < -0.39 is 5.82 Å². The van der Waals surface area contributed by atoms with Gasteiger partial charge in [0.15, 0.2) is 11.5 Å². The summed E-state index contributed by atoms with van der Waals surface area (Å²) >= 11 is 0. The zero-order valence-electron chi connectivity index (χ0n) is 10.3. The normalized spacial score (nSPS) is 21.3. The Hall–Kier alpha value is -1.49. The maximum Gasteiger partial charge on any atom is 0.231 e. The second kappa shape index (κ2) is 4.65. The third-order valence-electron chi connectivity index (χ3n) is 3.47. The molecule has 1 aromatic carbocycles. The van der Waals surface area contributed by atoms with E-state index in [1.165, 1.54) is 13.5 Å². The van der Waals surface area contributed by atoms with Gasteiger partial charge in [-0.15, -0.1) is 0 Å². The van der Waals surface area contributed by atoms with Crippen LogP contribution in [0.5, 0.6) is 17.2 Å². The van der Waals surface area contributed by atoms with Crippen molar-refractivity contribution < 1.29 is 18.6 Å². The molecule has 1 saturated heterocycles. The molecule has 98 valence electrons. The summed E-state index contributed by atoms with van der Waals surface area (Å²) in [5.41, 5.74) is 0.832. The fourth-order valence-electron chi connectivity index (χ4n) is 2.60. The molecule has 3 rings (SSSR count). The monoisotopic (exact) mass is 253 g/mol. The topological polar surface area (TPSA) is 39.7 Å². The van der Waals surface area contributed by atoms with Crippen LogP contribution in [-0.4, -0.2) is 26.5 Å². The van der Waals surface area contributed by atoms with E-state index in [4.69, 9.17) is 14.2 Å². The lowest BCUT2D eigenvalue weighted by Gasteiger charge is -2.15. The molecule has 0 spiro atoms. The number of hydrogen-bond donors (Lipinski definition) is 1. The number of hydrogen-bond acceptors (Lipinski definition) is 4. The van der Waals surface area contributed by atoms with Gasteiger partial charge in [-0.1, -0.05) is 0 Å². The third-order valence-corrected chi connectivity index (χ3v) is 3.47. The lowest BCUT2D eigenvalue weighted by Crippen LogP contribution is -2.24. The first-order valence-electron chi connectivity index (χ1n) is 6.18.